The molecule has 0 spiro atoms. The van der Waals surface area contributed by atoms with Crippen LogP contribution in [-0.2, 0) is 0 Å². The van der Waals surface area contributed by atoms with Crippen LogP contribution < -0.4 is 10.6 Å². The molecule has 2 N–H and O–H groups in total. The second kappa shape index (κ2) is 7.82. The molecule has 0 saturated heterocycles. The smallest absolute Gasteiger partial charge is 0.271 e. The topological polar surface area (TPSA) is 66.9 Å². The van der Waals surface area contributed by atoms with Crippen molar-refractivity contribution >= 4 is 11.7 Å². The summed E-state index contributed by atoms with van der Waals surface area (Å²) in [5, 5.41) is 5.96. The van der Waals surface area contributed by atoms with Crippen molar-refractivity contribution in [2.24, 2.45) is 5.92 Å². The molecule has 5 heteroatoms. The van der Waals surface area contributed by atoms with Crippen molar-refractivity contribution in [3.63, 3.8) is 0 Å². The van der Waals surface area contributed by atoms with Crippen LogP contribution in [0.25, 0.3) is 0 Å². The van der Waals surface area contributed by atoms with Crippen LogP contribution in [0.1, 0.15) is 55.9 Å². The van der Waals surface area contributed by atoms with E-state index in [1.54, 1.807) is 6.20 Å². The summed E-state index contributed by atoms with van der Waals surface area (Å²) in [6.45, 7) is 3.51. The molecule has 20 heavy (non-hydrogen) atoms. The van der Waals surface area contributed by atoms with Crippen molar-refractivity contribution < 1.29 is 4.79 Å². The number of nitrogens with one attached hydrogen (secondary N) is 2. The maximum absolute atomic E-state index is 11.9. The van der Waals surface area contributed by atoms with E-state index in [0.717, 1.165) is 25.4 Å². The largest absolute Gasteiger partial charge is 0.369 e. The van der Waals surface area contributed by atoms with Crippen LogP contribution in [0, 0.1) is 5.92 Å². The highest BCUT2D eigenvalue weighted by Gasteiger charge is 2.14. The van der Waals surface area contributed by atoms with E-state index in [-0.39, 0.29) is 5.91 Å². The fraction of sp³-hybridized carbons (Fsp3) is 0.667. The Bertz CT molecular complexity index is 412. The second-order valence-corrected chi connectivity index (χ2v) is 5.37. The van der Waals surface area contributed by atoms with Crippen LogP contribution in [0.2, 0.25) is 0 Å². The van der Waals surface area contributed by atoms with Crippen molar-refractivity contribution in [2.45, 2.75) is 45.4 Å². The summed E-state index contributed by atoms with van der Waals surface area (Å²) in [7, 11) is 0. The molecule has 1 aliphatic rings. The summed E-state index contributed by atoms with van der Waals surface area (Å²) < 4.78 is 0. The van der Waals surface area contributed by atoms with Gasteiger partial charge >= 0.3 is 0 Å². The maximum atomic E-state index is 11.9. The Labute approximate surface area is 120 Å². The first-order valence-electron chi connectivity index (χ1n) is 7.63. The Hall–Kier alpha value is -1.65. The minimum Gasteiger partial charge on any atom is -0.369 e. The average Bonchev–Trinajstić information content (AvgIpc) is 2.98. The van der Waals surface area contributed by atoms with Crippen molar-refractivity contribution in [3.05, 3.63) is 18.1 Å². The summed E-state index contributed by atoms with van der Waals surface area (Å²) in [4.78, 5) is 20.1. The molecule has 110 valence electrons. The van der Waals surface area contributed by atoms with E-state index < -0.39 is 0 Å². The van der Waals surface area contributed by atoms with Gasteiger partial charge in [-0.15, -0.1) is 0 Å². The lowest BCUT2D eigenvalue weighted by Crippen LogP contribution is -2.25. The summed E-state index contributed by atoms with van der Waals surface area (Å²) in [6, 6.07) is 0. The van der Waals surface area contributed by atoms with Crippen molar-refractivity contribution in [2.75, 3.05) is 18.4 Å². The van der Waals surface area contributed by atoms with Gasteiger partial charge in [0.2, 0.25) is 0 Å². The van der Waals surface area contributed by atoms with E-state index >= 15 is 0 Å². The van der Waals surface area contributed by atoms with E-state index in [4.69, 9.17) is 0 Å². The summed E-state index contributed by atoms with van der Waals surface area (Å²) in [5.74, 6) is 1.45. The van der Waals surface area contributed by atoms with E-state index in [1.165, 1.54) is 38.3 Å². The lowest BCUT2D eigenvalue weighted by atomic mass is 10.0. The number of carbonyl (C=O) groups is 1. The molecule has 1 aromatic heterocycles. The fourth-order valence-electron chi connectivity index (χ4n) is 2.70. The first kappa shape index (κ1) is 14.8. The summed E-state index contributed by atoms with van der Waals surface area (Å²) in [6.07, 6.45) is 10.9. The van der Waals surface area contributed by atoms with Gasteiger partial charge in [0.1, 0.15) is 11.5 Å². The van der Waals surface area contributed by atoms with Gasteiger partial charge in [-0.3, -0.25) is 4.79 Å². The predicted octanol–water partition coefficient (Wildman–Crippen LogP) is 2.61. The van der Waals surface area contributed by atoms with Gasteiger partial charge in [0.15, 0.2) is 0 Å². The fourth-order valence-corrected chi connectivity index (χ4v) is 2.70. The van der Waals surface area contributed by atoms with Crippen LogP contribution in [-0.4, -0.2) is 29.0 Å². The highest BCUT2D eigenvalue weighted by molar-refractivity contribution is 5.91. The van der Waals surface area contributed by atoms with E-state index in [0.29, 0.717) is 11.5 Å². The molecular formula is C15H24N4O. The van der Waals surface area contributed by atoms with Crippen molar-refractivity contribution in [1.82, 2.24) is 15.3 Å². The minimum absolute atomic E-state index is 0.132. The SMILES string of the molecule is CCNc1cnc(C(=O)NCCCC2CCCC2)cn1. The van der Waals surface area contributed by atoms with Gasteiger partial charge < -0.3 is 10.6 Å². The van der Waals surface area contributed by atoms with Crippen LogP contribution in [0.5, 0.6) is 0 Å². The average molecular weight is 276 g/mol. The van der Waals surface area contributed by atoms with Crippen LogP contribution >= 0.6 is 0 Å². The Kier molecular flexibility index (Phi) is 5.77. The third-order valence-corrected chi connectivity index (χ3v) is 3.79. The molecule has 5 nitrogen and oxygen atoms in total. The number of rotatable bonds is 7. The number of hydrogen-bond acceptors (Lipinski definition) is 4. The predicted molar refractivity (Wildman–Crippen MR) is 79.7 cm³/mol. The first-order chi connectivity index (χ1) is 9.79. The molecule has 2 rings (SSSR count). The molecule has 1 saturated carbocycles. The van der Waals surface area contributed by atoms with Gasteiger partial charge in [-0.1, -0.05) is 25.7 Å². The van der Waals surface area contributed by atoms with Crippen LogP contribution in [0.3, 0.4) is 0 Å². The van der Waals surface area contributed by atoms with Crippen molar-refractivity contribution in [1.29, 1.82) is 0 Å². The monoisotopic (exact) mass is 276 g/mol. The zero-order valence-corrected chi connectivity index (χ0v) is 12.2. The number of carbonyl (C=O) groups excluding carboxylic acids is 1. The van der Waals surface area contributed by atoms with Gasteiger partial charge in [-0.05, 0) is 25.7 Å². The normalized spacial score (nSPS) is 15.2. The van der Waals surface area contributed by atoms with Gasteiger partial charge in [0, 0.05) is 13.1 Å². The van der Waals surface area contributed by atoms with Crippen LogP contribution in [0.15, 0.2) is 12.4 Å². The standard InChI is InChI=1S/C15H24N4O/c1-2-16-14-11-18-13(10-19-14)15(20)17-9-5-8-12-6-3-4-7-12/h10-12H,2-9H2,1H3,(H,16,19)(H,17,20). The quantitative estimate of drug-likeness (QED) is 0.751. The number of hydrogen-bond donors (Lipinski definition) is 2. The minimum atomic E-state index is -0.132. The Morgan fingerprint density at radius 3 is 2.75 bits per heavy atom. The molecule has 0 bridgehead atoms. The van der Waals surface area contributed by atoms with Gasteiger partial charge in [0.25, 0.3) is 5.91 Å². The highest BCUT2D eigenvalue weighted by Crippen LogP contribution is 2.28. The zero-order valence-electron chi connectivity index (χ0n) is 12.2. The Balaban J connectivity index is 1.68. The molecule has 1 amide bonds. The molecule has 0 unspecified atom stereocenters. The maximum Gasteiger partial charge on any atom is 0.271 e. The molecule has 1 fully saturated rings. The van der Waals surface area contributed by atoms with Gasteiger partial charge in [-0.2, -0.15) is 0 Å². The van der Waals surface area contributed by atoms with E-state index in [1.807, 2.05) is 6.92 Å². The third-order valence-electron chi connectivity index (χ3n) is 3.79. The number of anilines is 1. The Morgan fingerprint density at radius 1 is 1.30 bits per heavy atom. The second-order valence-electron chi connectivity index (χ2n) is 5.37. The lowest BCUT2D eigenvalue weighted by molar-refractivity contribution is 0.0947. The molecule has 0 aliphatic heterocycles. The molecular weight excluding hydrogens is 252 g/mol. The molecule has 0 radical (unpaired) electrons. The van der Waals surface area contributed by atoms with Crippen LogP contribution in [0.4, 0.5) is 5.82 Å². The molecule has 1 heterocycles. The zero-order chi connectivity index (χ0) is 14.2. The molecule has 1 aromatic rings. The number of aromatic nitrogens is 2. The molecule has 0 atom stereocenters. The van der Waals surface area contributed by atoms with Crippen molar-refractivity contribution in [3.8, 4) is 0 Å². The number of amides is 1. The Morgan fingerprint density at radius 2 is 2.10 bits per heavy atom. The lowest BCUT2D eigenvalue weighted by Gasteiger charge is -2.09. The van der Waals surface area contributed by atoms with E-state index in [2.05, 4.69) is 20.6 Å². The third kappa shape index (κ3) is 4.47. The molecule has 0 aromatic carbocycles. The summed E-state index contributed by atoms with van der Waals surface area (Å²) in [5.41, 5.74) is 0.382. The molecule has 1 aliphatic carbocycles. The van der Waals surface area contributed by atoms with Gasteiger partial charge in [0.05, 0.1) is 12.4 Å². The summed E-state index contributed by atoms with van der Waals surface area (Å²) >= 11 is 0. The number of nitrogens with zero attached hydrogens (tertiary/aromatic N) is 2. The van der Waals surface area contributed by atoms with Gasteiger partial charge in [-0.25, -0.2) is 9.97 Å². The highest BCUT2D eigenvalue weighted by atomic mass is 16.1. The first-order valence-corrected chi connectivity index (χ1v) is 7.63. The van der Waals surface area contributed by atoms with E-state index in [9.17, 15) is 4.79 Å².